The molecule has 0 aromatic carbocycles. The SMILES string of the molecule is Cc1ccc(NC(=O)c2cncnc2)nc1. The van der Waals surface area contributed by atoms with Crippen molar-refractivity contribution < 1.29 is 4.79 Å². The van der Waals surface area contributed by atoms with Crippen LogP contribution >= 0.6 is 0 Å². The number of aromatic nitrogens is 3. The second kappa shape index (κ2) is 4.48. The maximum Gasteiger partial charge on any atom is 0.259 e. The Morgan fingerprint density at radius 1 is 1.19 bits per heavy atom. The molecule has 0 saturated heterocycles. The van der Waals surface area contributed by atoms with Gasteiger partial charge in [-0.05, 0) is 18.6 Å². The number of aryl methyl sites for hydroxylation is 1. The molecular weight excluding hydrogens is 204 g/mol. The molecule has 0 unspecified atom stereocenters. The molecule has 0 aliphatic rings. The maximum atomic E-state index is 11.7. The smallest absolute Gasteiger partial charge is 0.259 e. The molecule has 1 amide bonds. The van der Waals surface area contributed by atoms with Gasteiger partial charge in [-0.15, -0.1) is 0 Å². The minimum atomic E-state index is -0.267. The van der Waals surface area contributed by atoms with E-state index in [2.05, 4.69) is 20.3 Å². The van der Waals surface area contributed by atoms with Crippen LogP contribution in [0.15, 0.2) is 37.1 Å². The van der Waals surface area contributed by atoms with Gasteiger partial charge in [-0.1, -0.05) is 6.07 Å². The molecule has 0 atom stereocenters. The van der Waals surface area contributed by atoms with E-state index in [0.717, 1.165) is 5.56 Å². The van der Waals surface area contributed by atoms with Crippen LogP contribution in [0.2, 0.25) is 0 Å². The number of nitrogens with zero attached hydrogens (tertiary/aromatic N) is 3. The molecule has 0 saturated carbocycles. The second-order valence-corrected chi connectivity index (χ2v) is 3.30. The Kier molecular flexibility index (Phi) is 2.86. The molecule has 0 spiro atoms. The number of nitrogens with one attached hydrogen (secondary N) is 1. The Labute approximate surface area is 92.6 Å². The molecule has 5 nitrogen and oxygen atoms in total. The van der Waals surface area contributed by atoms with Crippen LogP contribution in [0.25, 0.3) is 0 Å². The van der Waals surface area contributed by atoms with Crippen molar-refractivity contribution in [2.24, 2.45) is 0 Å². The van der Waals surface area contributed by atoms with E-state index in [0.29, 0.717) is 11.4 Å². The van der Waals surface area contributed by atoms with Gasteiger partial charge in [0.2, 0.25) is 0 Å². The predicted molar refractivity (Wildman–Crippen MR) is 59.0 cm³/mol. The van der Waals surface area contributed by atoms with Gasteiger partial charge in [-0.3, -0.25) is 4.79 Å². The largest absolute Gasteiger partial charge is 0.306 e. The van der Waals surface area contributed by atoms with Gasteiger partial charge in [-0.2, -0.15) is 0 Å². The van der Waals surface area contributed by atoms with Crippen LogP contribution in [0.3, 0.4) is 0 Å². The third-order valence-electron chi connectivity index (χ3n) is 1.98. The zero-order chi connectivity index (χ0) is 11.4. The molecule has 0 aliphatic carbocycles. The first-order chi connectivity index (χ1) is 7.75. The molecule has 0 aliphatic heterocycles. The zero-order valence-corrected chi connectivity index (χ0v) is 8.71. The number of amides is 1. The molecule has 2 heterocycles. The van der Waals surface area contributed by atoms with Crippen LogP contribution in [0.1, 0.15) is 15.9 Å². The summed E-state index contributed by atoms with van der Waals surface area (Å²) >= 11 is 0. The standard InChI is InChI=1S/C11H10N4O/c1-8-2-3-10(14-4-8)15-11(16)9-5-12-7-13-6-9/h2-7H,1H3,(H,14,15,16). The van der Waals surface area contributed by atoms with Crippen LogP contribution in [0, 0.1) is 6.92 Å². The number of carbonyl (C=O) groups excluding carboxylic acids is 1. The van der Waals surface area contributed by atoms with Gasteiger partial charge < -0.3 is 5.32 Å². The minimum Gasteiger partial charge on any atom is -0.306 e. The molecule has 0 radical (unpaired) electrons. The van der Waals surface area contributed by atoms with Gasteiger partial charge in [0.1, 0.15) is 12.1 Å². The summed E-state index contributed by atoms with van der Waals surface area (Å²) < 4.78 is 0. The fraction of sp³-hybridized carbons (Fsp3) is 0.0909. The Bertz CT molecular complexity index is 481. The van der Waals surface area contributed by atoms with Gasteiger partial charge in [0.25, 0.3) is 5.91 Å². The molecule has 2 aromatic rings. The van der Waals surface area contributed by atoms with E-state index in [4.69, 9.17) is 0 Å². The molecule has 16 heavy (non-hydrogen) atoms. The van der Waals surface area contributed by atoms with Crippen molar-refractivity contribution in [2.45, 2.75) is 6.92 Å². The number of pyridine rings is 1. The first-order valence-corrected chi connectivity index (χ1v) is 4.75. The summed E-state index contributed by atoms with van der Waals surface area (Å²) in [5.74, 6) is 0.247. The number of carbonyl (C=O) groups is 1. The van der Waals surface area contributed by atoms with Gasteiger partial charge in [-0.25, -0.2) is 15.0 Å². The summed E-state index contributed by atoms with van der Waals surface area (Å²) in [5.41, 5.74) is 1.45. The Hall–Kier alpha value is -2.30. The average molecular weight is 214 g/mol. The Morgan fingerprint density at radius 2 is 1.94 bits per heavy atom. The van der Waals surface area contributed by atoms with E-state index >= 15 is 0 Å². The molecule has 0 fully saturated rings. The van der Waals surface area contributed by atoms with Crippen LogP contribution < -0.4 is 5.32 Å². The summed E-state index contributed by atoms with van der Waals surface area (Å²) in [5, 5.41) is 2.66. The molecule has 2 rings (SSSR count). The summed E-state index contributed by atoms with van der Waals surface area (Å²) in [7, 11) is 0. The highest BCUT2D eigenvalue weighted by Gasteiger charge is 2.06. The van der Waals surface area contributed by atoms with Crippen LogP contribution in [-0.2, 0) is 0 Å². The van der Waals surface area contributed by atoms with Crippen molar-refractivity contribution in [2.75, 3.05) is 5.32 Å². The molecule has 1 N–H and O–H groups in total. The van der Waals surface area contributed by atoms with Crippen molar-refractivity contribution in [3.63, 3.8) is 0 Å². The minimum absolute atomic E-state index is 0.267. The molecule has 80 valence electrons. The lowest BCUT2D eigenvalue weighted by Crippen LogP contribution is -2.13. The maximum absolute atomic E-state index is 11.7. The third-order valence-corrected chi connectivity index (χ3v) is 1.98. The fourth-order valence-corrected chi connectivity index (χ4v) is 1.15. The normalized spacial score (nSPS) is 9.81. The van der Waals surface area contributed by atoms with E-state index in [1.165, 1.54) is 18.7 Å². The van der Waals surface area contributed by atoms with Gasteiger partial charge in [0.15, 0.2) is 0 Å². The predicted octanol–water partition coefficient (Wildman–Crippen LogP) is 1.43. The summed E-state index contributed by atoms with van der Waals surface area (Å²) in [4.78, 5) is 23.3. The Balaban J connectivity index is 2.11. The van der Waals surface area contributed by atoms with Crippen LogP contribution in [-0.4, -0.2) is 20.9 Å². The summed E-state index contributed by atoms with van der Waals surface area (Å²) in [6.45, 7) is 1.93. The number of hydrogen-bond acceptors (Lipinski definition) is 4. The number of rotatable bonds is 2. The van der Waals surface area contributed by atoms with E-state index in [1.807, 2.05) is 13.0 Å². The lowest BCUT2D eigenvalue weighted by Gasteiger charge is -2.03. The lowest BCUT2D eigenvalue weighted by molar-refractivity contribution is 0.102. The Morgan fingerprint density at radius 3 is 2.56 bits per heavy atom. The van der Waals surface area contributed by atoms with E-state index in [-0.39, 0.29) is 5.91 Å². The third kappa shape index (κ3) is 2.38. The van der Waals surface area contributed by atoms with Crippen molar-refractivity contribution in [3.8, 4) is 0 Å². The van der Waals surface area contributed by atoms with Crippen molar-refractivity contribution in [3.05, 3.63) is 48.2 Å². The second-order valence-electron chi connectivity index (χ2n) is 3.30. The number of anilines is 1. The first kappa shape index (κ1) is 10.2. The van der Waals surface area contributed by atoms with E-state index < -0.39 is 0 Å². The van der Waals surface area contributed by atoms with Gasteiger partial charge in [0.05, 0.1) is 5.56 Å². The summed E-state index contributed by atoms with van der Waals surface area (Å²) in [6, 6.07) is 3.63. The lowest BCUT2D eigenvalue weighted by atomic mass is 10.3. The highest BCUT2D eigenvalue weighted by molar-refractivity contribution is 6.03. The highest BCUT2D eigenvalue weighted by atomic mass is 16.1. The molecule has 5 heteroatoms. The van der Waals surface area contributed by atoms with Crippen molar-refractivity contribution in [1.82, 2.24) is 15.0 Å². The fourth-order valence-electron chi connectivity index (χ4n) is 1.15. The topological polar surface area (TPSA) is 67.8 Å². The van der Waals surface area contributed by atoms with Gasteiger partial charge >= 0.3 is 0 Å². The van der Waals surface area contributed by atoms with Crippen LogP contribution in [0.5, 0.6) is 0 Å². The first-order valence-electron chi connectivity index (χ1n) is 4.75. The molecule has 0 bridgehead atoms. The van der Waals surface area contributed by atoms with Gasteiger partial charge in [0, 0.05) is 18.6 Å². The molecular formula is C11H10N4O. The van der Waals surface area contributed by atoms with Crippen molar-refractivity contribution in [1.29, 1.82) is 0 Å². The van der Waals surface area contributed by atoms with E-state index in [9.17, 15) is 4.79 Å². The molecule has 2 aromatic heterocycles. The monoisotopic (exact) mass is 214 g/mol. The average Bonchev–Trinajstić information content (AvgIpc) is 2.33. The quantitative estimate of drug-likeness (QED) is 0.821. The van der Waals surface area contributed by atoms with Crippen LogP contribution in [0.4, 0.5) is 5.82 Å². The number of hydrogen-bond donors (Lipinski definition) is 1. The zero-order valence-electron chi connectivity index (χ0n) is 8.71. The van der Waals surface area contributed by atoms with E-state index in [1.54, 1.807) is 12.3 Å². The van der Waals surface area contributed by atoms with Crippen molar-refractivity contribution >= 4 is 11.7 Å². The summed E-state index contributed by atoms with van der Waals surface area (Å²) in [6.07, 6.45) is 5.98. The highest BCUT2D eigenvalue weighted by Crippen LogP contribution is 2.05.